The Balaban J connectivity index is 1.15. The zero-order chi connectivity index (χ0) is 22.6. The molecule has 170 valence electrons. The van der Waals surface area contributed by atoms with E-state index >= 15 is 0 Å². The molecule has 4 rings (SSSR count). The van der Waals surface area contributed by atoms with Crippen LogP contribution < -0.4 is 20.1 Å². The van der Waals surface area contributed by atoms with Crippen LogP contribution >= 0.6 is 11.8 Å². The monoisotopic (exact) mass is 461 g/mol. The second-order valence-corrected chi connectivity index (χ2v) is 8.54. The summed E-state index contributed by atoms with van der Waals surface area (Å²) in [6.45, 7) is 1.28. The molecule has 1 fully saturated rings. The average molecular weight is 461 g/mol. The minimum absolute atomic E-state index is 0.0336. The van der Waals surface area contributed by atoms with E-state index in [1.807, 2.05) is 0 Å². The maximum atomic E-state index is 12.1. The Morgan fingerprint density at radius 3 is 2.59 bits per heavy atom. The first kappa shape index (κ1) is 22.0. The summed E-state index contributed by atoms with van der Waals surface area (Å²) in [7, 11) is 0. The third-order valence-corrected chi connectivity index (χ3v) is 5.80. The number of fused-ring (bicyclic) bond motifs is 1. The number of nitrogens with one attached hydrogen (secondary N) is 2. The smallest absolute Gasteiger partial charge is 0.316 e. The fourth-order valence-electron chi connectivity index (χ4n) is 3.51. The van der Waals surface area contributed by atoms with E-state index in [4.69, 9.17) is 18.7 Å². The number of amides is 2. The number of aromatic nitrogens is 1. The van der Waals surface area contributed by atoms with Crippen LogP contribution in [0.15, 0.2) is 28.8 Å². The Labute approximate surface area is 188 Å². The van der Waals surface area contributed by atoms with E-state index in [1.165, 1.54) is 0 Å². The van der Waals surface area contributed by atoms with Crippen molar-refractivity contribution in [1.29, 1.82) is 0 Å². The number of rotatable bonds is 8. The number of hydrogen-bond acceptors (Lipinski definition) is 9. The number of esters is 1. The zero-order valence-corrected chi connectivity index (χ0v) is 18.3. The summed E-state index contributed by atoms with van der Waals surface area (Å²) in [5, 5.41) is 8.87. The molecular formula is C21H23N3O7S. The lowest BCUT2D eigenvalue weighted by molar-refractivity contribution is -0.144. The standard InChI is InChI=1S/C21H23N3O7S/c1-13-8-17(24-31-13)23-19(26)11-32-12-20(27)28-10-18(25)22-14-4-5-15-16(9-14)30-21(29-15)6-2-3-7-21/h4-5,8-9H,2-3,6-7,10-12H2,1H3,(H,22,25)(H,23,24,26). The highest BCUT2D eigenvalue weighted by molar-refractivity contribution is 8.00. The van der Waals surface area contributed by atoms with E-state index < -0.39 is 24.3 Å². The molecule has 1 aliphatic heterocycles. The molecule has 1 aliphatic carbocycles. The summed E-state index contributed by atoms with van der Waals surface area (Å²) in [6.07, 6.45) is 3.82. The number of ether oxygens (including phenoxy) is 3. The highest BCUT2D eigenvalue weighted by Crippen LogP contribution is 2.47. The Morgan fingerprint density at radius 1 is 1.06 bits per heavy atom. The molecular weight excluding hydrogens is 438 g/mol. The van der Waals surface area contributed by atoms with Gasteiger partial charge in [-0.25, -0.2) is 0 Å². The number of carbonyl (C=O) groups excluding carboxylic acids is 3. The van der Waals surface area contributed by atoms with Gasteiger partial charge in [-0.15, -0.1) is 11.8 Å². The molecule has 2 N–H and O–H groups in total. The normalized spacial score (nSPS) is 15.5. The molecule has 1 aromatic heterocycles. The number of carbonyl (C=O) groups is 3. The molecule has 0 bridgehead atoms. The third kappa shape index (κ3) is 5.52. The summed E-state index contributed by atoms with van der Waals surface area (Å²) < 4.78 is 21.7. The average Bonchev–Trinajstić information content (AvgIpc) is 3.46. The molecule has 2 aromatic rings. The van der Waals surface area contributed by atoms with Crippen LogP contribution in [-0.2, 0) is 19.1 Å². The Kier molecular flexibility index (Phi) is 6.54. The quantitative estimate of drug-likeness (QED) is 0.570. The number of nitrogens with zero attached hydrogens (tertiary/aromatic N) is 1. The van der Waals surface area contributed by atoms with Gasteiger partial charge >= 0.3 is 5.97 Å². The van der Waals surface area contributed by atoms with Crippen LogP contribution in [0.4, 0.5) is 11.5 Å². The lowest BCUT2D eigenvalue weighted by Crippen LogP contribution is -2.34. The predicted molar refractivity (Wildman–Crippen MR) is 116 cm³/mol. The van der Waals surface area contributed by atoms with E-state index in [0.29, 0.717) is 28.8 Å². The van der Waals surface area contributed by atoms with Gasteiger partial charge in [0, 0.05) is 30.7 Å². The summed E-state index contributed by atoms with van der Waals surface area (Å²) in [4.78, 5) is 35.7. The minimum Gasteiger partial charge on any atom is -0.455 e. The maximum absolute atomic E-state index is 12.1. The molecule has 1 aromatic carbocycles. The minimum atomic E-state index is -0.593. The van der Waals surface area contributed by atoms with Gasteiger partial charge in [-0.1, -0.05) is 5.16 Å². The van der Waals surface area contributed by atoms with Crippen LogP contribution in [-0.4, -0.2) is 46.8 Å². The van der Waals surface area contributed by atoms with Crippen molar-refractivity contribution in [3.63, 3.8) is 0 Å². The SMILES string of the molecule is Cc1cc(NC(=O)CSCC(=O)OCC(=O)Nc2ccc3c(c2)OC2(CCCC2)O3)no1. The van der Waals surface area contributed by atoms with Gasteiger partial charge in [0.1, 0.15) is 5.76 Å². The molecule has 0 saturated heterocycles. The van der Waals surface area contributed by atoms with Crippen LogP contribution in [0.25, 0.3) is 0 Å². The molecule has 2 aliphatic rings. The Bertz CT molecular complexity index is 1020. The second-order valence-electron chi connectivity index (χ2n) is 7.56. The molecule has 32 heavy (non-hydrogen) atoms. The molecule has 2 amide bonds. The fraction of sp³-hybridized carbons (Fsp3) is 0.429. The number of aryl methyl sites for hydroxylation is 1. The first-order chi connectivity index (χ1) is 15.4. The summed E-state index contributed by atoms with van der Waals surface area (Å²) >= 11 is 1.07. The summed E-state index contributed by atoms with van der Waals surface area (Å²) in [5.74, 6) is 0.160. The Morgan fingerprint density at radius 2 is 1.84 bits per heavy atom. The van der Waals surface area contributed by atoms with Gasteiger partial charge in [0.25, 0.3) is 11.7 Å². The van der Waals surface area contributed by atoms with Crippen LogP contribution in [0.5, 0.6) is 11.5 Å². The maximum Gasteiger partial charge on any atom is 0.316 e. The van der Waals surface area contributed by atoms with Crippen molar-refractivity contribution in [2.45, 2.75) is 38.4 Å². The molecule has 1 spiro atoms. The van der Waals surface area contributed by atoms with E-state index in [0.717, 1.165) is 37.4 Å². The van der Waals surface area contributed by atoms with Gasteiger partial charge in [-0.2, -0.15) is 0 Å². The second kappa shape index (κ2) is 9.51. The van der Waals surface area contributed by atoms with Crippen molar-refractivity contribution in [3.8, 4) is 11.5 Å². The zero-order valence-electron chi connectivity index (χ0n) is 17.5. The van der Waals surface area contributed by atoms with Gasteiger partial charge in [0.05, 0.1) is 11.5 Å². The van der Waals surface area contributed by atoms with E-state index in [9.17, 15) is 14.4 Å². The van der Waals surface area contributed by atoms with Gasteiger partial charge in [0.15, 0.2) is 23.9 Å². The highest BCUT2D eigenvalue weighted by Gasteiger charge is 2.44. The van der Waals surface area contributed by atoms with Crippen molar-refractivity contribution in [1.82, 2.24) is 5.16 Å². The van der Waals surface area contributed by atoms with Crippen molar-refractivity contribution in [3.05, 3.63) is 30.0 Å². The highest BCUT2D eigenvalue weighted by atomic mass is 32.2. The number of thioether (sulfide) groups is 1. The molecule has 10 nitrogen and oxygen atoms in total. The first-order valence-electron chi connectivity index (χ1n) is 10.2. The molecule has 0 atom stereocenters. The lowest BCUT2D eigenvalue weighted by Gasteiger charge is -2.21. The number of hydrogen-bond donors (Lipinski definition) is 2. The topological polar surface area (TPSA) is 129 Å². The number of benzene rings is 1. The molecule has 1 saturated carbocycles. The largest absolute Gasteiger partial charge is 0.455 e. The van der Waals surface area contributed by atoms with Crippen LogP contribution in [0, 0.1) is 6.92 Å². The fourth-order valence-corrected chi connectivity index (χ4v) is 4.12. The van der Waals surface area contributed by atoms with Crippen LogP contribution in [0.3, 0.4) is 0 Å². The van der Waals surface area contributed by atoms with Crippen molar-refractivity contribution < 1.29 is 33.1 Å². The molecule has 11 heteroatoms. The molecule has 0 unspecified atom stereocenters. The van der Waals surface area contributed by atoms with Gasteiger partial charge in [0.2, 0.25) is 5.91 Å². The summed E-state index contributed by atoms with van der Waals surface area (Å²) in [6, 6.07) is 6.75. The lowest BCUT2D eigenvalue weighted by atomic mass is 10.2. The van der Waals surface area contributed by atoms with Crippen molar-refractivity contribution in [2.75, 3.05) is 28.7 Å². The predicted octanol–water partition coefficient (Wildman–Crippen LogP) is 2.88. The van der Waals surface area contributed by atoms with Crippen molar-refractivity contribution in [2.24, 2.45) is 0 Å². The summed E-state index contributed by atoms with van der Waals surface area (Å²) in [5.41, 5.74) is 0.526. The van der Waals surface area contributed by atoms with Gasteiger partial charge in [-0.05, 0) is 31.9 Å². The first-order valence-corrected chi connectivity index (χ1v) is 11.3. The van der Waals surface area contributed by atoms with E-state index in [-0.39, 0.29) is 17.4 Å². The molecule has 2 heterocycles. The van der Waals surface area contributed by atoms with Crippen LogP contribution in [0.1, 0.15) is 31.4 Å². The van der Waals surface area contributed by atoms with Crippen molar-refractivity contribution >= 4 is 41.1 Å². The van der Waals surface area contributed by atoms with Crippen LogP contribution in [0.2, 0.25) is 0 Å². The number of anilines is 2. The molecule has 0 radical (unpaired) electrons. The van der Waals surface area contributed by atoms with Gasteiger partial charge < -0.3 is 29.4 Å². The van der Waals surface area contributed by atoms with E-state index in [2.05, 4.69) is 15.8 Å². The Hall–Kier alpha value is -3.21. The van der Waals surface area contributed by atoms with Gasteiger partial charge in [-0.3, -0.25) is 14.4 Å². The van der Waals surface area contributed by atoms with E-state index in [1.54, 1.807) is 31.2 Å². The third-order valence-electron chi connectivity index (χ3n) is 4.90.